The molecule has 0 heterocycles. The van der Waals surface area contributed by atoms with Gasteiger partial charge in [0, 0.05) is 11.8 Å². The van der Waals surface area contributed by atoms with Crippen molar-refractivity contribution in [3.63, 3.8) is 0 Å². The summed E-state index contributed by atoms with van der Waals surface area (Å²) in [5.41, 5.74) is 1.93. The highest BCUT2D eigenvalue weighted by atomic mass is 14.6. The van der Waals surface area contributed by atoms with Gasteiger partial charge >= 0.3 is 0 Å². The van der Waals surface area contributed by atoms with E-state index in [0.29, 0.717) is 5.41 Å². The van der Waals surface area contributed by atoms with Gasteiger partial charge in [-0.15, -0.1) is 0 Å². The first-order valence-corrected chi connectivity index (χ1v) is 4.85. The van der Waals surface area contributed by atoms with Crippen molar-refractivity contribution in [2.24, 2.45) is 23.2 Å². The van der Waals surface area contributed by atoms with Crippen LogP contribution < -0.4 is 0 Å². The summed E-state index contributed by atoms with van der Waals surface area (Å²) < 4.78 is 0. The molecule has 4 unspecified atom stereocenters. The van der Waals surface area contributed by atoms with Crippen LogP contribution in [0.3, 0.4) is 0 Å². The van der Waals surface area contributed by atoms with Gasteiger partial charge < -0.3 is 0 Å². The Morgan fingerprint density at radius 2 is 2.50 bits per heavy atom. The zero-order chi connectivity index (χ0) is 8.34. The predicted octanol–water partition coefficient (Wildman–Crippen LogP) is 2.50. The third-order valence-corrected chi connectivity index (χ3v) is 4.37. The summed E-state index contributed by atoms with van der Waals surface area (Å²) in [5.74, 6) is 2.55. The van der Waals surface area contributed by atoms with Gasteiger partial charge in [0.1, 0.15) is 0 Å². The van der Waals surface area contributed by atoms with Crippen LogP contribution in [0, 0.1) is 34.5 Å². The lowest BCUT2D eigenvalue weighted by atomic mass is 9.73. The molecule has 0 aromatic rings. The molecule has 2 saturated carbocycles. The molecule has 0 radical (unpaired) electrons. The van der Waals surface area contributed by atoms with Crippen LogP contribution >= 0.6 is 0 Å². The Labute approximate surface area is 73.1 Å². The van der Waals surface area contributed by atoms with E-state index in [1.807, 2.05) is 0 Å². The van der Waals surface area contributed by atoms with Crippen LogP contribution in [0.15, 0.2) is 11.6 Å². The second kappa shape index (κ2) is 1.76. The van der Waals surface area contributed by atoms with E-state index in [1.165, 1.54) is 12.8 Å². The van der Waals surface area contributed by atoms with E-state index in [0.717, 1.165) is 24.2 Å². The lowest BCUT2D eigenvalue weighted by molar-refractivity contribution is 0.254. The van der Waals surface area contributed by atoms with E-state index in [1.54, 1.807) is 5.57 Å². The van der Waals surface area contributed by atoms with Gasteiger partial charge in [-0.2, -0.15) is 5.26 Å². The van der Waals surface area contributed by atoms with E-state index in [4.69, 9.17) is 5.26 Å². The summed E-state index contributed by atoms with van der Waals surface area (Å²) in [6.45, 7) is 2.30. The SMILES string of the molecule is CC1(CC#N)C2=CC3CC2CC31. The zero-order valence-electron chi connectivity index (χ0n) is 7.38. The number of nitrogens with zero attached hydrogens (tertiary/aromatic N) is 1. The van der Waals surface area contributed by atoms with Crippen molar-refractivity contribution >= 4 is 0 Å². The minimum Gasteiger partial charge on any atom is -0.198 e. The van der Waals surface area contributed by atoms with Crippen molar-refractivity contribution in [2.75, 3.05) is 0 Å². The standard InChI is InChI=1S/C11H13N/c1-11(2-3-12)9-5-7-4-8(9)6-10(7)11/h5,7-8,10H,2,4,6H2,1H3. The fraction of sp³-hybridized carbons (Fsp3) is 0.727. The van der Waals surface area contributed by atoms with E-state index in [-0.39, 0.29) is 0 Å². The van der Waals surface area contributed by atoms with Crippen molar-refractivity contribution in [2.45, 2.75) is 26.2 Å². The third-order valence-electron chi connectivity index (χ3n) is 4.37. The summed E-state index contributed by atoms with van der Waals surface area (Å²) in [4.78, 5) is 0. The fourth-order valence-corrected chi connectivity index (χ4v) is 3.88. The predicted molar refractivity (Wildman–Crippen MR) is 46.1 cm³/mol. The Hall–Kier alpha value is -0.770. The number of hydrogen-bond acceptors (Lipinski definition) is 1. The van der Waals surface area contributed by atoms with E-state index in [2.05, 4.69) is 19.1 Å². The molecule has 0 aromatic carbocycles. The zero-order valence-corrected chi connectivity index (χ0v) is 7.38. The first-order valence-electron chi connectivity index (χ1n) is 4.85. The summed E-state index contributed by atoms with van der Waals surface area (Å²) in [7, 11) is 0. The lowest BCUT2D eigenvalue weighted by Crippen LogP contribution is -2.24. The molecule has 0 amide bonds. The molecule has 2 fully saturated rings. The van der Waals surface area contributed by atoms with E-state index >= 15 is 0 Å². The van der Waals surface area contributed by atoms with Crippen molar-refractivity contribution in [3.05, 3.63) is 11.6 Å². The maximum absolute atomic E-state index is 8.78. The molecule has 0 aliphatic heterocycles. The highest BCUT2D eigenvalue weighted by Gasteiger charge is 2.60. The molecule has 4 aliphatic rings. The van der Waals surface area contributed by atoms with Gasteiger partial charge in [-0.05, 0) is 30.6 Å². The molecule has 0 aromatic heterocycles. The minimum absolute atomic E-state index is 0.294. The van der Waals surface area contributed by atoms with Gasteiger partial charge in [-0.1, -0.05) is 18.6 Å². The van der Waals surface area contributed by atoms with Crippen LogP contribution in [0.2, 0.25) is 0 Å². The molecule has 4 aliphatic carbocycles. The van der Waals surface area contributed by atoms with Crippen molar-refractivity contribution < 1.29 is 0 Å². The third kappa shape index (κ3) is 0.504. The Kier molecular flexibility index (Phi) is 0.987. The van der Waals surface area contributed by atoms with Crippen molar-refractivity contribution in [1.82, 2.24) is 0 Å². The Morgan fingerprint density at radius 3 is 2.92 bits per heavy atom. The van der Waals surface area contributed by atoms with Crippen LogP contribution in [0.25, 0.3) is 0 Å². The molecular formula is C11H13N. The van der Waals surface area contributed by atoms with E-state index in [9.17, 15) is 0 Å². The fourth-order valence-electron chi connectivity index (χ4n) is 3.88. The van der Waals surface area contributed by atoms with Crippen molar-refractivity contribution in [1.29, 1.82) is 5.26 Å². The maximum Gasteiger partial charge on any atom is 0.0630 e. The van der Waals surface area contributed by atoms with E-state index < -0.39 is 0 Å². The van der Waals surface area contributed by atoms with Gasteiger partial charge in [0.15, 0.2) is 0 Å². The van der Waals surface area contributed by atoms with Crippen LogP contribution in [-0.4, -0.2) is 0 Å². The molecule has 62 valence electrons. The van der Waals surface area contributed by atoms with Crippen LogP contribution in [-0.2, 0) is 0 Å². The Bertz CT molecular complexity index is 309. The molecule has 4 bridgehead atoms. The average molecular weight is 159 g/mol. The highest BCUT2D eigenvalue weighted by molar-refractivity contribution is 5.38. The second-order valence-corrected chi connectivity index (χ2v) is 4.81. The second-order valence-electron chi connectivity index (χ2n) is 4.81. The largest absolute Gasteiger partial charge is 0.198 e. The average Bonchev–Trinajstić information content (AvgIpc) is 2.68. The topological polar surface area (TPSA) is 23.8 Å². The summed E-state index contributed by atoms with van der Waals surface area (Å²) in [6, 6.07) is 2.35. The number of allylic oxidation sites excluding steroid dienone is 2. The number of nitriles is 1. The molecule has 1 heteroatoms. The molecular weight excluding hydrogens is 146 g/mol. The summed E-state index contributed by atoms with van der Waals surface area (Å²) in [6.07, 6.45) is 6.00. The molecule has 4 rings (SSSR count). The molecule has 0 N–H and O–H groups in total. The Balaban J connectivity index is 2.04. The monoisotopic (exact) mass is 159 g/mol. The van der Waals surface area contributed by atoms with Gasteiger partial charge in [0.2, 0.25) is 0 Å². The quantitative estimate of drug-likeness (QED) is 0.539. The molecule has 0 saturated heterocycles. The lowest BCUT2D eigenvalue weighted by Gasteiger charge is -2.30. The minimum atomic E-state index is 0.294. The van der Waals surface area contributed by atoms with Crippen LogP contribution in [0.1, 0.15) is 26.2 Å². The molecule has 1 nitrogen and oxygen atoms in total. The molecule has 0 spiro atoms. The van der Waals surface area contributed by atoms with Crippen molar-refractivity contribution in [3.8, 4) is 6.07 Å². The van der Waals surface area contributed by atoms with Gasteiger partial charge in [-0.25, -0.2) is 0 Å². The number of rotatable bonds is 1. The summed E-state index contributed by atoms with van der Waals surface area (Å²) in [5, 5.41) is 8.78. The normalized spacial score (nSPS) is 53.0. The maximum atomic E-state index is 8.78. The van der Waals surface area contributed by atoms with Crippen LogP contribution in [0.4, 0.5) is 0 Å². The van der Waals surface area contributed by atoms with Gasteiger partial charge in [0.05, 0.1) is 6.07 Å². The smallest absolute Gasteiger partial charge is 0.0630 e. The highest BCUT2D eigenvalue weighted by Crippen LogP contribution is 2.68. The molecule has 4 atom stereocenters. The summed E-state index contributed by atoms with van der Waals surface area (Å²) >= 11 is 0. The van der Waals surface area contributed by atoms with Gasteiger partial charge in [-0.3, -0.25) is 0 Å². The first-order chi connectivity index (χ1) is 5.75. The van der Waals surface area contributed by atoms with Gasteiger partial charge in [0.25, 0.3) is 0 Å². The van der Waals surface area contributed by atoms with Crippen LogP contribution in [0.5, 0.6) is 0 Å². The first kappa shape index (κ1) is 6.71. The molecule has 12 heavy (non-hydrogen) atoms. The Morgan fingerprint density at radius 1 is 1.67 bits per heavy atom. The number of hydrogen-bond donors (Lipinski definition) is 0.